The van der Waals surface area contributed by atoms with Crippen LogP contribution in [0.5, 0.6) is 23.0 Å². The fourth-order valence-corrected chi connectivity index (χ4v) is 3.69. The molecule has 0 radical (unpaired) electrons. The highest BCUT2D eigenvalue weighted by molar-refractivity contribution is 6.35. The molecule has 0 aliphatic heterocycles. The van der Waals surface area contributed by atoms with Crippen LogP contribution in [0.15, 0.2) is 53.6 Å². The first-order valence-electron chi connectivity index (χ1n) is 9.86. The van der Waals surface area contributed by atoms with Gasteiger partial charge in [0.15, 0.2) is 11.5 Å². The van der Waals surface area contributed by atoms with Gasteiger partial charge in [0.2, 0.25) is 0 Å². The maximum atomic E-state index is 12.5. The minimum Gasteiger partial charge on any atom is -0.497 e. The van der Waals surface area contributed by atoms with E-state index in [-0.39, 0.29) is 6.61 Å². The van der Waals surface area contributed by atoms with Crippen LogP contribution in [0, 0.1) is 0 Å². The Kier molecular flexibility index (Phi) is 8.87. The van der Waals surface area contributed by atoms with Gasteiger partial charge in [0.25, 0.3) is 5.91 Å². The zero-order valence-corrected chi connectivity index (χ0v) is 20.8. The molecule has 3 aromatic rings. The van der Waals surface area contributed by atoms with E-state index in [2.05, 4.69) is 10.5 Å². The molecule has 3 aromatic carbocycles. The predicted octanol–water partition coefficient (Wildman–Crippen LogP) is 6.02. The first kappa shape index (κ1) is 25.5. The Balaban J connectivity index is 1.72. The lowest BCUT2D eigenvalue weighted by Gasteiger charge is -2.14. The summed E-state index contributed by atoms with van der Waals surface area (Å²) in [7, 11) is 4.49. The monoisotopic (exact) mass is 522 g/mol. The van der Waals surface area contributed by atoms with Gasteiger partial charge in [0, 0.05) is 21.7 Å². The van der Waals surface area contributed by atoms with Gasteiger partial charge in [0.1, 0.15) is 18.1 Å². The van der Waals surface area contributed by atoms with E-state index in [1.165, 1.54) is 27.5 Å². The fourth-order valence-electron chi connectivity index (χ4n) is 2.95. The third kappa shape index (κ3) is 6.26. The largest absolute Gasteiger partial charge is 0.497 e. The summed E-state index contributed by atoms with van der Waals surface area (Å²) >= 11 is 18.5. The van der Waals surface area contributed by atoms with E-state index in [0.717, 1.165) is 5.56 Å². The first-order chi connectivity index (χ1) is 16.4. The Hall–Kier alpha value is -3.13. The van der Waals surface area contributed by atoms with E-state index in [1.54, 1.807) is 48.5 Å². The Labute approximate surface area is 212 Å². The molecule has 7 nitrogen and oxygen atoms in total. The van der Waals surface area contributed by atoms with Crippen molar-refractivity contribution >= 4 is 46.9 Å². The van der Waals surface area contributed by atoms with E-state index < -0.39 is 5.91 Å². The molecule has 0 atom stereocenters. The third-order valence-electron chi connectivity index (χ3n) is 4.67. The molecule has 0 saturated carbocycles. The molecule has 1 amide bonds. The average molecular weight is 524 g/mol. The van der Waals surface area contributed by atoms with Gasteiger partial charge in [-0.2, -0.15) is 5.10 Å². The molecule has 10 heteroatoms. The fraction of sp³-hybridized carbons (Fsp3) is 0.167. The second kappa shape index (κ2) is 11.8. The minimum absolute atomic E-state index is 0.166. The number of methoxy groups -OCH3 is 3. The smallest absolute Gasteiger partial charge is 0.275 e. The number of amides is 1. The van der Waals surface area contributed by atoms with Crippen LogP contribution < -0.4 is 24.4 Å². The number of rotatable bonds is 9. The summed E-state index contributed by atoms with van der Waals surface area (Å²) in [4.78, 5) is 12.5. The van der Waals surface area contributed by atoms with Crippen LogP contribution in [0.25, 0.3) is 0 Å². The van der Waals surface area contributed by atoms with Crippen LogP contribution in [0.4, 0.5) is 0 Å². The van der Waals surface area contributed by atoms with Crippen LogP contribution in [0.2, 0.25) is 15.1 Å². The molecule has 1 N–H and O–H groups in total. The average Bonchev–Trinajstić information content (AvgIpc) is 2.83. The van der Waals surface area contributed by atoms with E-state index in [1.807, 2.05) is 0 Å². The van der Waals surface area contributed by atoms with Gasteiger partial charge in [-0.05, 0) is 42.0 Å². The van der Waals surface area contributed by atoms with E-state index >= 15 is 0 Å². The molecule has 0 fully saturated rings. The normalized spacial score (nSPS) is 10.8. The summed E-state index contributed by atoms with van der Waals surface area (Å²) in [6.07, 6.45) is 1.43. The van der Waals surface area contributed by atoms with Crippen molar-refractivity contribution in [2.45, 2.75) is 6.61 Å². The van der Waals surface area contributed by atoms with Crippen molar-refractivity contribution in [1.29, 1.82) is 0 Å². The molecule has 0 aliphatic rings. The molecule has 0 spiro atoms. The van der Waals surface area contributed by atoms with E-state index in [4.69, 9.17) is 53.8 Å². The van der Waals surface area contributed by atoms with Gasteiger partial charge in [-0.15, -0.1) is 0 Å². The summed E-state index contributed by atoms with van der Waals surface area (Å²) < 4.78 is 21.6. The molecular formula is C24H21Cl3N2O5. The van der Waals surface area contributed by atoms with Crippen LogP contribution in [-0.2, 0) is 6.61 Å². The van der Waals surface area contributed by atoms with Gasteiger partial charge in [-0.25, -0.2) is 5.43 Å². The second-order valence-electron chi connectivity index (χ2n) is 6.82. The Morgan fingerprint density at radius 1 is 0.912 bits per heavy atom. The van der Waals surface area contributed by atoms with Crippen molar-refractivity contribution in [2.24, 2.45) is 5.10 Å². The Morgan fingerprint density at radius 3 is 2.35 bits per heavy atom. The van der Waals surface area contributed by atoms with Gasteiger partial charge in [0.05, 0.1) is 38.1 Å². The van der Waals surface area contributed by atoms with Gasteiger partial charge >= 0.3 is 0 Å². The number of hydrogen-bond donors (Lipinski definition) is 1. The van der Waals surface area contributed by atoms with E-state index in [9.17, 15) is 4.79 Å². The zero-order chi connectivity index (χ0) is 24.7. The molecule has 3 rings (SSSR count). The number of carbonyl (C=O) groups is 1. The maximum Gasteiger partial charge on any atom is 0.275 e. The first-order valence-corrected chi connectivity index (χ1v) is 11.0. The number of carbonyl (C=O) groups excluding carboxylic acids is 1. The molecule has 178 valence electrons. The number of hydrazone groups is 1. The summed E-state index contributed by atoms with van der Waals surface area (Å²) in [5.74, 6) is 1.22. The zero-order valence-electron chi connectivity index (χ0n) is 18.5. The van der Waals surface area contributed by atoms with Gasteiger partial charge in [-0.3, -0.25) is 4.79 Å². The molecular weight excluding hydrogens is 503 g/mol. The maximum absolute atomic E-state index is 12.5. The molecule has 0 aliphatic carbocycles. The van der Waals surface area contributed by atoms with Crippen molar-refractivity contribution in [2.75, 3.05) is 21.3 Å². The quantitative estimate of drug-likeness (QED) is 0.274. The molecule has 0 saturated heterocycles. The number of nitrogens with zero attached hydrogens (tertiary/aromatic N) is 1. The lowest BCUT2D eigenvalue weighted by Crippen LogP contribution is -2.18. The topological polar surface area (TPSA) is 78.4 Å². The van der Waals surface area contributed by atoms with Gasteiger partial charge in [-0.1, -0.05) is 40.9 Å². The second-order valence-corrected chi connectivity index (χ2v) is 8.07. The van der Waals surface area contributed by atoms with E-state index in [0.29, 0.717) is 49.2 Å². The van der Waals surface area contributed by atoms with Crippen molar-refractivity contribution in [3.05, 3.63) is 80.3 Å². The molecule has 0 heterocycles. The van der Waals surface area contributed by atoms with Crippen LogP contribution >= 0.6 is 34.8 Å². The molecule has 0 bridgehead atoms. The van der Waals surface area contributed by atoms with Gasteiger partial charge < -0.3 is 18.9 Å². The number of nitrogens with one attached hydrogen (secondary N) is 1. The van der Waals surface area contributed by atoms with Crippen LogP contribution in [-0.4, -0.2) is 33.5 Å². The minimum atomic E-state index is -0.450. The highest BCUT2D eigenvalue weighted by atomic mass is 35.5. The summed E-state index contributed by atoms with van der Waals surface area (Å²) in [6, 6.07) is 13.3. The summed E-state index contributed by atoms with van der Waals surface area (Å²) in [5, 5.41) is 5.31. The number of hydrogen-bond acceptors (Lipinski definition) is 6. The lowest BCUT2D eigenvalue weighted by atomic mass is 10.2. The standard InChI is InChI=1S/C24H21Cl3N2O5/c1-31-17-6-7-18(21(11-17)32-2)24(30)29-28-12-14-8-20(27)23(22(9-14)33-3)34-13-15-4-5-16(25)10-19(15)26/h4-12H,13H2,1-3H3,(H,29,30)/b28-12-. The Morgan fingerprint density at radius 2 is 1.68 bits per heavy atom. The number of halogens is 3. The van der Waals surface area contributed by atoms with Crippen LogP contribution in [0.3, 0.4) is 0 Å². The number of ether oxygens (including phenoxy) is 4. The van der Waals surface area contributed by atoms with Crippen molar-refractivity contribution in [3.8, 4) is 23.0 Å². The summed E-state index contributed by atoms with van der Waals surface area (Å²) in [5.41, 5.74) is 4.09. The highest BCUT2D eigenvalue weighted by Gasteiger charge is 2.14. The summed E-state index contributed by atoms with van der Waals surface area (Å²) in [6.45, 7) is 0.166. The van der Waals surface area contributed by atoms with Crippen molar-refractivity contribution < 1.29 is 23.7 Å². The predicted molar refractivity (Wildman–Crippen MR) is 133 cm³/mol. The third-order valence-corrected chi connectivity index (χ3v) is 5.54. The van der Waals surface area contributed by atoms with Crippen molar-refractivity contribution in [1.82, 2.24) is 5.43 Å². The lowest BCUT2D eigenvalue weighted by molar-refractivity contribution is 0.0952. The van der Waals surface area contributed by atoms with Crippen LogP contribution in [0.1, 0.15) is 21.5 Å². The molecule has 0 aromatic heterocycles. The van der Waals surface area contributed by atoms with Crippen molar-refractivity contribution in [3.63, 3.8) is 0 Å². The highest BCUT2D eigenvalue weighted by Crippen LogP contribution is 2.37. The Bertz CT molecular complexity index is 1220. The molecule has 0 unspecified atom stereocenters. The number of benzene rings is 3. The SMILES string of the molecule is COc1ccc(C(=O)N/N=C\c2cc(Cl)c(OCc3ccc(Cl)cc3Cl)c(OC)c2)c(OC)c1. The molecule has 34 heavy (non-hydrogen) atoms.